The molecule has 0 amide bonds. The molecule has 0 radical (unpaired) electrons. The normalized spacial score (nSPS) is 14.5. The number of hydrogen-bond acceptors (Lipinski definition) is 8. The summed E-state index contributed by atoms with van der Waals surface area (Å²) < 4.78 is 0. The van der Waals surface area contributed by atoms with Crippen LogP contribution in [0.2, 0.25) is 0 Å². The summed E-state index contributed by atoms with van der Waals surface area (Å²) in [5.41, 5.74) is 1.10. The number of phenols is 1. The molecule has 1 heterocycles. The number of hydrogen-bond donors (Lipinski definition) is 4. The molecule has 0 unspecified atom stereocenters. The first-order chi connectivity index (χ1) is 13.0. The van der Waals surface area contributed by atoms with Crippen molar-refractivity contribution in [2.24, 2.45) is 0 Å². The number of aromatic hydroxyl groups is 1. The Morgan fingerprint density at radius 1 is 1.07 bits per heavy atom. The number of aromatic nitrogens is 3. The molecule has 146 valence electrons. The van der Waals surface area contributed by atoms with Crippen LogP contribution in [0.1, 0.15) is 45.1 Å². The Bertz CT molecular complexity index is 731. The summed E-state index contributed by atoms with van der Waals surface area (Å²) >= 11 is 0. The van der Waals surface area contributed by atoms with Gasteiger partial charge in [0.15, 0.2) is 0 Å². The standard InChI is InChI=1S/C19H28N6O2/c1-13(2)25(27)19-23-17(20-12-11-14-7-9-16(26)10-8-14)22-18(24-19)21-15-5-3-4-6-15/h7-10,13,15,26-27H,3-6,11-12H2,1-2H3,(H2,20,21,22,23,24). The van der Waals surface area contributed by atoms with E-state index < -0.39 is 0 Å². The summed E-state index contributed by atoms with van der Waals surface area (Å²) in [6.45, 7) is 4.36. The van der Waals surface area contributed by atoms with E-state index in [0.717, 1.165) is 29.9 Å². The van der Waals surface area contributed by atoms with Crippen LogP contribution in [0.25, 0.3) is 0 Å². The first-order valence-electron chi connectivity index (χ1n) is 9.54. The van der Waals surface area contributed by atoms with Crippen molar-refractivity contribution in [2.45, 2.75) is 58.0 Å². The van der Waals surface area contributed by atoms with Gasteiger partial charge < -0.3 is 15.7 Å². The Labute approximate surface area is 159 Å². The highest BCUT2D eigenvalue weighted by Crippen LogP contribution is 2.22. The zero-order valence-electron chi connectivity index (χ0n) is 15.9. The van der Waals surface area contributed by atoms with Crippen LogP contribution in [0.4, 0.5) is 17.8 Å². The topological polar surface area (TPSA) is 106 Å². The second kappa shape index (κ2) is 8.85. The number of anilines is 3. The van der Waals surface area contributed by atoms with Crippen molar-refractivity contribution in [3.63, 3.8) is 0 Å². The van der Waals surface area contributed by atoms with Crippen LogP contribution in [0.3, 0.4) is 0 Å². The first-order valence-corrected chi connectivity index (χ1v) is 9.54. The maximum Gasteiger partial charge on any atom is 0.256 e. The van der Waals surface area contributed by atoms with Crippen molar-refractivity contribution in [1.29, 1.82) is 0 Å². The first kappa shape index (κ1) is 19.2. The molecule has 0 saturated heterocycles. The lowest BCUT2D eigenvalue weighted by Gasteiger charge is -2.20. The average molecular weight is 372 g/mol. The Balaban J connectivity index is 1.69. The highest BCUT2D eigenvalue weighted by Gasteiger charge is 2.19. The lowest BCUT2D eigenvalue weighted by molar-refractivity contribution is 0.222. The molecule has 8 nitrogen and oxygen atoms in total. The fourth-order valence-electron chi connectivity index (χ4n) is 3.08. The molecule has 1 aromatic carbocycles. The van der Waals surface area contributed by atoms with Crippen molar-refractivity contribution in [3.05, 3.63) is 29.8 Å². The van der Waals surface area contributed by atoms with Gasteiger partial charge in [-0.3, -0.25) is 5.21 Å². The fraction of sp³-hybridized carbons (Fsp3) is 0.526. The van der Waals surface area contributed by atoms with E-state index >= 15 is 0 Å². The monoisotopic (exact) mass is 372 g/mol. The van der Waals surface area contributed by atoms with E-state index in [-0.39, 0.29) is 17.7 Å². The molecule has 2 aromatic rings. The number of nitrogens with zero attached hydrogens (tertiary/aromatic N) is 4. The van der Waals surface area contributed by atoms with Crippen LogP contribution in [-0.2, 0) is 6.42 Å². The van der Waals surface area contributed by atoms with Crippen LogP contribution in [0, 0.1) is 0 Å². The minimum Gasteiger partial charge on any atom is -0.508 e. The molecule has 1 aliphatic carbocycles. The van der Waals surface area contributed by atoms with Gasteiger partial charge in [-0.25, -0.2) is 5.06 Å². The van der Waals surface area contributed by atoms with Gasteiger partial charge in [-0.05, 0) is 50.8 Å². The van der Waals surface area contributed by atoms with Gasteiger partial charge in [-0.15, -0.1) is 0 Å². The summed E-state index contributed by atoms with van der Waals surface area (Å²) in [5, 5.41) is 27.2. The van der Waals surface area contributed by atoms with E-state index in [1.54, 1.807) is 12.1 Å². The van der Waals surface area contributed by atoms with E-state index in [1.165, 1.54) is 12.8 Å². The zero-order valence-corrected chi connectivity index (χ0v) is 15.9. The molecule has 1 aromatic heterocycles. The van der Waals surface area contributed by atoms with Gasteiger partial charge >= 0.3 is 0 Å². The van der Waals surface area contributed by atoms with Crippen molar-refractivity contribution < 1.29 is 10.3 Å². The van der Waals surface area contributed by atoms with Gasteiger partial charge in [0.05, 0.1) is 6.04 Å². The Kier molecular flexibility index (Phi) is 6.28. The van der Waals surface area contributed by atoms with Crippen LogP contribution < -0.4 is 15.7 Å². The SMILES string of the molecule is CC(C)N(O)c1nc(NCCc2ccc(O)cc2)nc(NC2CCCC2)n1. The van der Waals surface area contributed by atoms with E-state index in [4.69, 9.17) is 0 Å². The van der Waals surface area contributed by atoms with E-state index in [1.807, 2.05) is 26.0 Å². The van der Waals surface area contributed by atoms with Crippen molar-refractivity contribution in [1.82, 2.24) is 15.0 Å². The Morgan fingerprint density at radius 2 is 1.74 bits per heavy atom. The second-order valence-electron chi connectivity index (χ2n) is 7.19. The van der Waals surface area contributed by atoms with Gasteiger partial charge in [0, 0.05) is 12.6 Å². The summed E-state index contributed by atoms with van der Waals surface area (Å²) in [7, 11) is 0. The lowest BCUT2D eigenvalue weighted by atomic mass is 10.1. The molecule has 0 spiro atoms. The lowest BCUT2D eigenvalue weighted by Crippen LogP contribution is -2.29. The third-order valence-electron chi connectivity index (χ3n) is 4.64. The van der Waals surface area contributed by atoms with Crippen LogP contribution in [0.5, 0.6) is 5.75 Å². The number of nitrogens with one attached hydrogen (secondary N) is 2. The molecular weight excluding hydrogens is 344 g/mol. The van der Waals surface area contributed by atoms with Crippen LogP contribution in [-0.4, -0.2) is 43.9 Å². The third-order valence-corrected chi connectivity index (χ3v) is 4.64. The van der Waals surface area contributed by atoms with Crippen LogP contribution in [0.15, 0.2) is 24.3 Å². The van der Waals surface area contributed by atoms with Gasteiger partial charge in [0.2, 0.25) is 11.9 Å². The largest absolute Gasteiger partial charge is 0.508 e. The summed E-state index contributed by atoms with van der Waals surface area (Å²) in [4.78, 5) is 13.2. The van der Waals surface area contributed by atoms with Gasteiger partial charge in [0.25, 0.3) is 5.95 Å². The number of phenolic OH excluding ortho intramolecular Hbond substituents is 1. The maximum atomic E-state index is 10.2. The molecule has 27 heavy (non-hydrogen) atoms. The van der Waals surface area contributed by atoms with Crippen molar-refractivity contribution in [2.75, 3.05) is 22.2 Å². The molecular formula is C19H28N6O2. The quantitative estimate of drug-likeness (QED) is 0.524. The minimum atomic E-state index is -0.142. The smallest absolute Gasteiger partial charge is 0.256 e. The second-order valence-corrected chi connectivity index (χ2v) is 7.19. The average Bonchev–Trinajstić information content (AvgIpc) is 3.15. The molecule has 1 fully saturated rings. The molecule has 0 atom stereocenters. The van der Waals surface area contributed by atoms with Crippen LogP contribution >= 0.6 is 0 Å². The van der Waals surface area contributed by atoms with E-state index in [9.17, 15) is 10.3 Å². The van der Waals surface area contributed by atoms with E-state index in [0.29, 0.717) is 24.5 Å². The number of benzene rings is 1. The molecule has 1 saturated carbocycles. The summed E-state index contributed by atoms with van der Waals surface area (Å²) in [6.07, 6.45) is 5.41. The molecule has 4 N–H and O–H groups in total. The highest BCUT2D eigenvalue weighted by atomic mass is 16.5. The fourth-order valence-corrected chi connectivity index (χ4v) is 3.08. The predicted octanol–water partition coefficient (Wildman–Crippen LogP) is 3.19. The van der Waals surface area contributed by atoms with E-state index in [2.05, 4.69) is 25.6 Å². The number of rotatable bonds is 8. The zero-order chi connectivity index (χ0) is 19.2. The Morgan fingerprint density at radius 3 is 2.41 bits per heavy atom. The van der Waals surface area contributed by atoms with Gasteiger partial charge in [-0.2, -0.15) is 15.0 Å². The maximum absolute atomic E-state index is 10.2. The number of hydroxylamine groups is 1. The third kappa shape index (κ3) is 5.43. The Hall–Kier alpha value is -2.61. The predicted molar refractivity (Wildman–Crippen MR) is 105 cm³/mol. The van der Waals surface area contributed by atoms with Crippen molar-refractivity contribution >= 4 is 17.8 Å². The molecule has 1 aliphatic rings. The molecule has 0 aliphatic heterocycles. The van der Waals surface area contributed by atoms with Gasteiger partial charge in [0.1, 0.15) is 5.75 Å². The summed E-state index contributed by atoms with van der Waals surface area (Å²) in [5.74, 6) is 1.40. The molecule has 3 rings (SSSR count). The highest BCUT2D eigenvalue weighted by molar-refractivity contribution is 5.43. The molecule has 8 heteroatoms. The van der Waals surface area contributed by atoms with Gasteiger partial charge in [-0.1, -0.05) is 25.0 Å². The summed E-state index contributed by atoms with van der Waals surface area (Å²) in [6, 6.07) is 7.35. The molecule has 0 bridgehead atoms. The van der Waals surface area contributed by atoms with Crippen molar-refractivity contribution in [3.8, 4) is 5.75 Å². The minimum absolute atomic E-state index is 0.142.